The molecule has 5 rings (SSSR count). The fraction of sp³-hybridized carbons (Fsp3) is 0.0400. The lowest BCUT2D eigenvalue weighted by Gasteiger charge is -2.15. The molecule has 0 radical (unpaired) electrons. The Morgan fingerprint density at radius 1 is 0.941 bits per heavy atom. The Labute approximate surface area is 198 Å². The number of aromatic nitrogens is 2. The highest BCUT2D eigenvalue weighted by molar-refractivity contribution is 6.35. The van der Waals surface area contributed by atoms with Gasteiger partial charge in [-0.3, -0.25) is 19.1 Å². The van der Waals surface area contributed by atoms with Gasteiger partial charge in [-0.05, 0) is 36.4 Å². The number of rotatable bonds is 5. The second-order valence-electron chi connectivity index (χ2n) is 7.61. The number of hydrogen-bond donors (Lipinski definition) is 1. The Morgan fingerprint density at radius 2 is 1.62 bits per heavy atom. The number of nitrogens with one attached hydrogen (secondary N) is 1. The molecule has 9 heteroatoms. The average molecular weight is 475 g/mol. The van der Waals surface area contributed by atoms with Crippen LogP contribution in [0.1, 0.15) is 36.6 Å². The molecule has 3 aromatic carbocycles. The summed E-state index contributed by atoms with van der Waals surface area (Å²) >= 11 is 6.22. The van der Waals surface area contributed by atoms with Crippen LogP contribution < -0.4 is 10.2 Å². The van der Waals surface area contributed by atoms with Crippen LogP contribution in [0.4, 0.5) is 15.9 Å². The Morgan fingerprint density at radius 3 is 2.32 bits per heavy atom. The van der Waals surface area contributed by atoms with Crippen molar-refractivity contribution in [1.29, 1.82) is 0 Å². The van der Waals surface area contributed by atoms with E-state index in [0.717, 1.165) is 4.90 Å². The Kier molecular flexibility index (Phi) is 5.43. The van der Waals surface area contributed by atoms with Crippen LogP contribution in [0.3, 0.4) is 0 Å². The lowest BCUT2D eigenvalue weighted by molar-refractivity contribution is 0.0924. The maximum absolute atomic E-state index is 13.9. The fourth-order valence-corrected chi connectivity index (χ4v) is 3.95. The van der Waals surface area contributed by atoms with Gasteiger partial charge >= 0.3 is 0 Å². The number of carbonyl (C=O) groups is 3. The minimum Gasteiger partial charge on any atom is -0.304 e. The average Bonchev–Trinajstić information content (AvgIpc) is 3.31. The number of hydrogen-bond acceptors (Lipinski definition) is 4. The molecular weight excluding hydrogens is 459 g/mol. The Hall–Kier alpha value is -4.30. The van der Waals surface area contributed by atoms with Crippen molar-refractivity contribution in [3.63, 3.8) is 0 Å². The van der Waals surface area contributed by atoms with Crippen molar-refractivity contribution in [3.05, 3.63) is 112 Å². The van der Waals surface area contributed by atoms with Gasteiger partial charge < -0.3 is 5.32 Å². The molecule has 0 saturated heterocycles. The minimum atomic E-state index is -0.531. The van der Waals surface area contributed by atoms with Gasteiger partial charge in [0.2, 0.25) is 0 Å². The summed E-state index contributed by atoms with van der Waals surface area (Å²) in [5, 5.41) is 7.03. The van der Waals surface area contributed by atoms with Gasteiger partial charge in [-0.2, -0.15) is 5.10 Å². The zero-order chi connectivity index (χ0) is 23.8. The van der Waals surface area contributed by atoms with Crippen LogP contribution in [0, 0.1) is 5.82 Å². The van der Waals surface area contributed by atoms with E-state index < -0.39 is 17.7 Å². The van der Waals surface area contributed by atoms with E-state index in [1.807, 2.05) is 0 Å². The smallest absolute Gasteiger partial charge is 0.266 e. The SMILES string of the molecule is O=C(Nc1nn(Cc2ccccc2F)cc1Cl)c1cccc(N2C(=O)c3ccccc3C2=O)c1. The monoisotopic (exact) mass is 474 g/mol. The molecule has 0 bridgehead atoms. The molecule has 168 valence electrons. The summed E-state index contributed by atoms with van der Waals surface area (Å²) in [5.41, 5.74) is 1.53. The van der Waals surface area contributed by atoms with E-state index in [4.69, 9.17) is 11.6 Å². The molecule has 4 aromatic rings. The highest BCUT2D eigenvalue weighted by atomic mass is 35.5. The van der Waals surface area contributed by atoms with Crippen LogP contribution in [0.2, 0.25) is 5.02 Å². The molecule has 34 heavy (non-hydrogen) atoms. The standard InChI is InChI=1S/C25H16ClFN4O3/c26-20-14-30(13-16-6-1-4-11-21(16)27)29-22(20)28-23(32)15-7-5-8-17(12-15)31-24(33)18-9-2-3-10-19(18)25(31)34/h1-12,14H,13H2,(H,28,29,32). The molecule has 1 aliphatic rings. The highest BCUT2D eigenvalue weighted by Crippen LogP contribution is 2.29. The molecule has 0 spiro atoms. The number of benzene rings is 3. The first-order valence-corrected chi connectivity index (χ1v) is 10.7. The molecule has 3 amide bonds. The minimum absolute atomic E-state index is 0.106. The third-order valence-corrected chi connectivity index (χ3v) is 5.68. The third kappa shape index (κ3) is 3.84. The van der Waals surface area contributed by atoms with E-state index >= 15 is 0 Å². The molecule has 2 heterocycles. The largest absolute Gasteiger partial charge is 0.304 e. The Bertz CT molecular complexity index is 1430. The lowest BCUT2D eigenvalue weighted by Crippen LogP contribution is -2.29. The normalized spacial score (nSPS) is 12.7. The van der Waals surface area contributed by atoms with Crippen LogP contribution >= 0.6 is 11.6 Å². The summed E-state index contributed by atoms with van der Waals surface area (Å²) in [4.78, 5) is 39.4. The first kappa shape index (κ1) is 21.5. The van der Waals surface area contributed by atoms with Crippen LogP contribution in [0.15, 0.2) is 79.0 Å². The predicted octanol–water partition coefficient (Wildman–Crippen LogP) is 4.78. The Balaban J connectivity index is 1.36. The lowest BCUT2D eigenvalue weighted by atomic mass is 10.1. The number of anilines is 2. The molecule has 1 aliphatic heterocycles. The first-order valence-electron chi connectivity index (χ1n) is 10.3. The van der Waals surface area contributed by atoms with Gasteiger partial charge in [0.25, 0.3) is 17.7 Å². The van der Waals surface area contributed by atoms with Gasteiger partial charge in [-0.1, -0.05) is 48.0 Å². The van der Waals surface area contributed by atoms with Gasteiger partial charge in [0, 0.05) is 17.3 Å². The van der Waals surface area contributed by atoms with Gasteiger partial charge in [0.1, 0.15) is 10.8 Å². The fourth-order valence-electron chi connectivity index (χ4n) is 3.75. The van der Waals surface area contributed by atoms with E-state index in [-0.39, 0.29) is 34.5 Å². The van der Waals surface area contributed by atoms with E-state index in [1.54, 1.807) is 60.7 Å². The van der Waals surface area contributed by atoms with Gasteiger partial charge in [0.15, 0.2) is 5.82 Å². The number of imide groups is 1. The van der Waals surface area contributed by atoms with Crippen LogP contribution in [-0.2, 0) is 6.54 Å². The van der Waals surface area contributed by atoms with Gasteiger partial charge in [0.05, 0.1) is 23.4 Å². The van der Waals surface area contributed by atoms with Crippen LogP contribution in [-0.4, -0.2) is 27.5 Å². The number of halogens is 2. The maximum atomic E-state index is 13.9. The second-order valence-corrected chi connectivity index (χ2v) is 8.02. The summed E-state index contributed by atoms with van der Waals surface area (Å²) < 4.78 is 15.3. The van der Waals surface area contributed by atoms with Crippen molar-refractivity contribution >= 4 is 40.8 Å². The quantitative estimate of drug-likeness (QED) is 0.422. The second kappa shape index (κ2) is 8.57. The number of carbonyl (C=O) groups excluding carboxylic acids is 3. The van der Waals surface area contributed by atoms with Crippen LogP contribution in [0.25, 0.3) is 0 Å². The summed E-state index contributed by atoms with van der Waals surface area (Å²) in [7, 11) is 0. The topological polar surface area (TPSA) is 84.3 Å². The molecule has 0 saturated carbocycles. The van der Waals surface area contributed by atoms with Crippen molar-refractivity contribution < 1.29 is 18.8 Å². The van der Waals surface area contributed by atoms with Gasteiger partial charge in [-0.25, -0.2) is 9.29 Å². The number of nitrogens with zero attached hydrogens (tertiary/aromatic N) is 3. The summed E-state index contributed by atoms with van der Waals surface area (Å²) in [6.45, 7) is 0.136. The van der Waals surface area contributed by atoms with E-state index in [2.05, 4.69) is 10.4 Å². The molecule has 1 aromatic heterocycles. The molecule has 7 nitrogen and oxygen atoms in total. The summed E-state index contributed by atoms with van der Waals surface area (Å²) in [6, 6.07) is 19.0. The van der Waals surface area contributed by atoms with Crippen molar-refractivity contribution in [2.75, 3.05) is 10.2 Å². The summed E-state index contributed by atoms with van der Waals surface area (Å²) in [6.07, 6.45) is 1.48. The van der Waals surface area contributed by atoms with Crippen molar-refractivity contribution in [2.24, 2.45) is 0 Å². The zero-order valence-electron chi connectivity index (χ0n) is 17.5. The van der Waals surface area contributed by atoms with Gasteiger partial charge in [-0.15, -0.1) is 0 Å². The van der Waals surface area contributed by atoms with E-state index in [9.17, 15) is 18.8 Å². The van der Waals surface area contributed by atoms with Crippen LogP contribution in [0.5, 0.6) is 0 Å². The zero-order valence-corrected chi connectivity index (χ0v) is 18.3. The maximum Gasteiger partial charge on any atom is 0.266 e. The molecule has 0 atom stereocenters. The molecule has 0 aliphatic carbocycles. The van der Waals surface area contributed by atoms with E-state index in [0.29, 0.717) is 16.7 Å². The molecule has 0 unspecified atom stereocenters. The first-order chi connectivity index (χ1) is 16.4. The number of fused-ring (bicyclic) bond motifs is 1. The van der Waals surface area contributed by atoms with Crippen molar-refractivity contribution in [3.8, 4) is 0 Å². The third-order valence-electron chi connectivity index (χ3n) is 5.40. The van der Waals surface area contributed by atoms with Crippen molar-refractivity contribution in [1.82, 2.24) is 9.78 Å². The van der Waals surface area contributed by atoms with E-state index in [1.165, 1.54) is 23.0 Å². The predicted molar refractivity (Wildman–Crippen MR) is 125 cm³/mol. The highest BCUT2D eigenvalue weighted by Gasteiger charge is 2.36. The number of amides is 3. The molecule has 1 N–H and O–H groups in total. The molecule has 0 fully saturated rings. The van der Waals surface area contributed by atoms with Crippen molar-refractivity contribution in [2.45, 2.75) is 6.54 Å². The summed E-state index contributed by atoms with van der Waals surface area (Å²) in [5.74, 6) is -1.70. The molecular formula is C25H16ClFN4O3.